The average Bonchev–Trinajstić information content (AvgIpc) is 2.42. The first-order valence-corrected chi connectivity index (χ1v) is 3.99. The monoisotopic (exact) mass is 165 g/mol. The van der Waals surface area contributed by atoms with E-state index in [1.54, 1.807) is 0 Å². The maximum Gasteiger partial charge on any atom is 0.335 e. The highest BCUT2D eigenvalue weighted by Crippen LogP contribution is 2.32. The van der Waals surface area contributed by atoms with Gasteiger partial charge in [-0.05, 0) is 18.5 Å². The van der Waals surface area contributed by atoms with Gasteiger partial charge in [0, 0.05) is 0 Å². The summed E-state index contributed by atoms with van der Waals surface area (Å²) in [6.07, 6.45) is 8.59. The lowest BCUT2D eigenvalue weighted by atomic mass is 9.93. The number of fused-ring (bicyclic) bond motifs is 2. The van der Waals surface area contributed by atoms with Crippen LogP contribution in [-0.2, 0) is 9.53 Å². The van der Waals surface area contributed by atoms with E-state index in [4.69, 9.17) is 4.74 Å². The van der Waals surface area contributed by atoms with Gasteiger partial charge in [0.1, 0.15) is 0 Å². The number of ether oxygens (including phenoxy) is 1. The minimum absolute atomic E-state index is 0.203. The van der Waals surface area contributed by atoms with E-state index in [2.05, 4.69) is 5.32 Å². The molecule has 1 aliphatic carbocycles. The van der Waals surface area contributed by atoms with Crippen molar-refractivity contribution in [2.24, 2.45) is 5.92 Å². The number of rotatable bonds is 1. The van der Waals surface area contributed by atoms with Crippen molar-refractivity contribution in [1.82, 2.24) is 5.32 Å². The molecule has 1 heterocycles. The van der Waals surface area contributed by atoms with Crippen LogP contribution in [0.5, 0.6) is 0 Å². The number of hydrogen-bond acceptors (Lipinski definition) is 3. The summed E-state index contributed by atoms with van der Waals surface area (Å²) in [4.78, 5) is 11.4. The van der Waals surface area contributed by atoms with Gasteiger partial charge < -0.3 is 10.1 Å². The average molecular weight is 165 g/mol. The second-order valence-electron chi connectivity index (χ2n) is 3.19. The molecular formula is C9H11NO2. The van der Waals surface area contributed by atoms with Crippen LogP contribution in [0.1, 0.15) is 6.42 Å². The highest BCUT2D eigenvalue weighted by Gasteiger charge is 2.42. The van der Waals surface area contributed by atoms with Crippen LogP contribution in [0.4, 0.5) is 0 Å². The van der Waals surface area contributed by atoms with Crippen molar-refractivity contribution in [3.8, 4) is 0 Å². The zero-order valence-electron chi connectivity index (χ0n) is 6.91. The molecule has 0 spiro atoms. The van der Waals surface area contributed by atoms with Crippen LogP contribution in [0.25, 0.3) is 0 Å². The normalized spacial score (nSPS) is 36.2. The van der Waals surface area contributed by atoms with Gasteiger partial charge in [0.25, 0.3) is 0 Å². The molecule has 2 rings (SSSR count). The molecule has 1 N–H and O–H groups in total. The molecule has 3 nitrogen and oxygen atoms in total. The van der Waals surface area contributed by atoms with Crippen molar-refractivity contribution < 1.29 is 9.53 Å². The number of hydrogen-bond donors (Lipinski definition) is 1. The largest absolute Gasteiger partial charge is 0.467 e. The molecule has 0 saturated carbocycles. The fourth-order valence-corrected chi connectivity index (χ4v) is 1.75. The summed E-state index contributed by atoms with van der Waals surface area (Å²) < 4.78 is 4.72. The first kappa shape index (κ1) is 7.40. The summed E-state index contributed by atoms with van der Waals surface area (Å²) in [6.45, 7) is 0. The lowest BCUT2D eigenvalue weighted by molar-refractivity contribution is -0.146. The van der Waals surface area contributed by atoms with Gasteiger partial charge in [-0.15, -0.1) is 0 Å². The van der Waals surface area contributed by atoms with Crippen molar-refractivity contribution in [3.63, 3.8) is 0 Å². The fourth-order valence-electron chi connectivity index (χ4n) is 1.75. The maximum atomic E-state index is 11.4. The topological polar surface area (TPSA) is 38.3 Å². The van der Waals surface area contributed by atoms with Crippen molar-refractivity contribution in [3.05, 3.63) is 24.4 Å². The van der Waals surface area contributed by atoms with Crippen molar-refractivity contribution in [2.75, 3.05) is 7.11 Å². The Morgan fingerprint density at radius 1 is 1.67 bits per heavy atom. The minimum Gasteiger partial charge on any atom is -0.467 e. The highest BCUT2D eigenvalue weighted by molar-refractivity contribution is 5.84. The lowest BCUT2D eigenvalue weighted by Gasteiger charge is -2.28. The van der Waals surface area contributed by atoms with Crippen LogP contribution in [0.15, 0.2) is 24.4 Å². The lowest BCUT2D eigenvalue weighted by Crippen LogP contribution is -2.49. The Hall–Kier alpha value is -1.25. The predicted octanol–water partition coefficient (Wildman–Crippen LogP) is 0.591. The van der Waals surface area contributed by atoms with Gasteiger partial charge in [-0.2, -0.15) is 0 Å². The third-order valence-corrected chi connectivity index (χ3v) is 2.42. The molecular weight excluding hydrogens is 154 g/mol. The van der Waals surface area contributed by atoms with Gasteiger partial charge in [0.2, 0.25) is 0 Å². The molecule has 2 aliphatic rings. The van der Waals surface area contributed by atoms with E-state index in [-0.39, 0.29) is 5.97 Å². The molecule has 0 aromatic carbocycles. The van der Waals surface area contributed by atoms with E-state index in [0.717, 1.165) is 6.42 Å². The summed E-state index contributed by atoms with van der Waals surface area (Å²) >= 11 is 0. The van der Waals surface area contributed by atoms with E-state index in [9.17, 15) is 4.79 Å². The van der Waals surface area contributed by atoms with Crippen LogP contribution in [0.2, 0.25) is 0 Å². The zero-order chi connectivity index (χ0) is 8.60. The molecule has 2 unspecified atom stereocenters. The Bertz CT molecular complexity index is 270. The van der Waals surface area contributed by atoms with E-state index >= 15 is 0 Å². The number of carbonyl (C=O) groups excluding carboxylic acids is 1. The molecule has 3 heteroatoms. The molecule has 12 heavy (non-hydrogen) atoms. The predicted molar refractivity (Wildman–Crippen MR) is 44.3 cm³/mol. The van der Waals surface area contributed by atoms with Crippen LogP contribution >= 0.6 is 0 Å². The standard InChI is InChI=1S/C9H11NO2/c1-12-8(11)9-4-2-7(6-9)3-5-10-9/h2-5,7,10H,6H2,1H3. The molecule has 2 atom stereocenters. The molecule has 1 aliphatic heterocycles. The molecule has 0 aromatic rings. The smallest absolute Gasteiger partial charge is 0.335 e. The Labute approximate surface area is 71.1 Å². The Balaban J connectivity index is 2.28. The summed E-state index contributed by atoms with van der Waals surface area (Å²) in [5.74, 6) is 0.191. The van der Waals surface area contributed by atoms with Gasteiger partial charge in [0.15, 0.2) is 5.54 Å². The molecule has 0 fully saturated rings. The first-order chi connectivity index (χ1) is 5.77. The van der Waals surface area contributed by atoms with E-state index in [0.29, 0.717) is 5.92 Å². The van der Waals surface area contributed by atoms with Crippen molar-refractivity contribution in [2.45, 2.75) is 12.0 Å². The second kappa shape index (κ2) is 2.37. The van der Waals surface area contributed by atoms with Gasteiger partial charge >= 0.3 is 5.97 Å². The molecule has 2 bridgehead atoms. The number of esters is 1. The molecule has 0 saturated heterocycles. The first-order valence-electron chi connectivity index (χ1n) is 3.99. The second-order valence-corrected chi connectivity index (χ2v) is 3.19. The quantitative estimate of drug-likeness (QED) is 0.456. The third-order valence-electron chi connectivity index (χ3n) is 2.42. The number of allylic oxidation sites excluding steroid dienone is 2. The molecule has 0 amide bonds. The Morgan fingerprint density at radius 2 is 2.50 bits per heavy atom. The van der Waals surface area contributed by atoms with Crippen LogP contribution in [0.3, 0.4) is 0 Å². The SMILES string of the molecule is COC(=O)C12C=CC(C=CN1)C2. The van der Waals surface area contributed by atoms with Crippen molar-refractivity contribution >= 4 is 5.97 Å². The summed E-state index contributed by atoms with van der Waals surface area (Å²) in [5.41, 5.74) is -0.575. The fraction of sp³-hybridized carbons (Fsp3) is 0.444. The minimum atomic E-state index is -0.575. The van der Waals surface area contributed by atoms with Gasteiger partial charge in [0.05, 0.1) is 7.11 Å². The van der Waals surface area contributed by atoms with Gasteiger partial charge in [-0.25, -0.2) is 4.79 Å². The highest BCUT2D eigenvalue weighted by atomic mass is 16.5. The summed E-state index contributed by atoms with van der Waals surface area (Å²) in [5, 5.41) is 3.03. The van der Waals surface area contributed by atoms with E-state index in [1.165, 1.54) is 7.11 Å². The third kappa shape index (κ3) is 0.858. The Morgan fingerprint density at radius 3 is 3.25 bits per heavy atom. The van der Waals surface area contributed by atoms with Gasteiger partial charge in [-0.3, -0.25) is 0 Å². The van der Waals surface area contributed by atoms with E-state index < -0.39 is 5.54 Å². The van der Waals surface area contributed by atoms with Crippen LogP contribution in [-0.4, -0.2) is 18.6 Å². The van der Waals surface area contributed by atoms with Crippen LogP contribution < -0.4 is 5.32 Å². The summed E-state index contributed by atoms with van der Waals surface area (Å²) in [6, 6.07) is 0. The van der Waals surface area contributed by atoms with E-state index in [1.807, 2.05) is 24.4 Å². The maximum absolute atomic E-state index is 11.4. The Kier molecular flexibility index (Phi) is 1.46. The zero-order valence-corrected chi connectivity index (χ0v) is 6.91. The van der Waals surface area contributed by atoms with Crippen molar-refractivity contribution in [1.29, 1.82) is 0 Å². The molecule has 0 aromatic heterocycles. The number of methoxy groups -OCH3 is 1. The summed E-state index contributed by atoms with van der Waals surface area (Å²) in [7, 11) is 1.41. The van der Waals surface area contributed by atoms with Crippen LogP contribution in [0, 0.1) is 5.92 Å². The molecule has 0 radical (unpaired) electrons. The number of carbonyl (C=O) groups is 1. The number of nitrogens with one attached hydrogen (secondary N) is 1. The van der Waals surface area contributed by atoms with Gasteiger partial charge in [-0.1, -0.05) is 18.2 Å². The molecule has 64 valence electrons.